The van der Waals surface area contributed by atoms with Crippen molar-refractivity contribution < 1.29 is 14.6 Å². The number of ether oxygens (including phenoxy) is 1. The van der Waals surface area contributed by atoms with Crippen LogP contribution in [0.25, 0.3) is 0 Å². The summed E-state index contributed by atoms with van der Waals surface area (Å²) >= 11 is 0. The number of aromatic nitrogens is 1. The van der Waals surface area contributed by atoms with Gasteiger partial charge in [-0.3, -0.25) is 14.7 Å². The Morgan fingerprint density at radius 3 is 2.81 bits per heavy atom. The topological polar surface area (TPSA) is 65.9 Å². The number of hydrogen-bond acceptors (Lipinski definition) is 5. The first-order valence-corrected chi connectivity index (χ1v) is 9.31. The van der Waals surface area contributed by atoms with E-state index in [1.807, 2.05) is 24.0 Å². The number of nitrogens with zero attached hydrogens (tertiary/aromatic N) is 3. The molecule has 1 aromatic heterocycles. The number of carbonyl (C=O) groups is 1. The van der Waals surface area contributed by atoms with Crippen molar-refractivity contribution in [1.82, 2.24) is 14.8 Å². The molecule has 144 valence electrons. The van der Waals surface area contributed by atoms with Gasteiger partial charge in [0.1, 0.15) is 11.4 Å². The van der Waals surface area contributed by atoms with Crippen LogP contribution in [0.3, 0.4) is 0 Å². The van der Waals surface area contributed by atoms with Crippen molar-refractivity contribution in [2.24, 2.45) is 0 Å². The maximum Gasteiger partial charge on any atom is 0.272 e. The smallest absolute Gasteiger partial charge is 0.272 e. The van der Waals surface area contributed by atoms with Gasteiger partial charge >= 0.3 is 0 Å². The van der Waals surface area contributed by atoms with Crippen LogP contribution in [-0.2, 0) is 6.54 Å². The van der Waals surface area contributed by atoms with Gasteiger partial charge in [-0.15, -0.1) is 0 Å². The molecule has 3 rings (SSSR count). The van der Waals surface area contributed by atoms with Crippen LogP contribution in [0.1, 0.15) is 28.0 Å². The number of aliphatic hydroxyl groups excluding tert-OH is 1. The number of methoxy groups -OCH3 is 1. The summed E-state index contributed by atoms with van der Waals surface area (Å²) < 4.78 is 5.34. The predicted octanol–water partition coefficient (Wildman–Crippen LogP) is 2.11. The monoisotopic (exact) mass is 369 g/mol. The molecule has 2 heterocycles. The zero-order valence-electron chi connectivity index (χ0n) is 16.0. The fourth-order valence-electron chi connectivity index (χ4n) is 3.63. The Kier molecular flexibility index (Phi) is 6.42. The molecule has 1 atom stereocenters. The number of benzene rings is 1. The van der Waals surface area contributed by atoms with Crippen molar-refractivity contribution in [3.05, 3.63) is 59.4 Å². The largest absolute Gasteiger partial charge is 0.496 e. The third-order valence-electron chi connectivity index (χ3n) is 5.08. The molecule has 0 saturated carbocycles. The fraction of sp³-hybridized carbons (Fsp3) is 0.429. The SMILES string of the molecule is COc1ccc(CN2CCN(C(=O)c3ccccn3)C[C@H]2CCO)cc1C. The molecule has 6 nitrogen and oxygen atoms in total. The third-order valence-corrected chi connectivity index (χ3v) is 5.08. The number of hydrogen-bond donors (Lipinski definition) is 1. The number of piperazine rings is 1. The van der Waals surface area contributed by atoms with Crippen molar-refractivity contribution in [2.75, 3.05) is 33.4 Å². The van der Waals surface area contributed by atoms with Gasteiger partial charge in [-0.05, 0) is 42.7 Å². The van der Waals surface area contributed by atoms with Crippen LogP contribution in [0.15, 0.2) is 42.6 Å². The number of carbonyl (C=O) groups excluding carboxylic acids is 1. The molecule has 27 heavy (non-hydrogen) atoms. The Hall–Kier alpha value is -2.44. The lowest BCUT2D eigenvalue weighted by Gasteiger charge is -2.41. The van der Waals surface area contributed by atoms with Crippen LogP contribution < -0.4 is 4.74 Å². The molecule has 1 amide bonds. The number of amides is 1. The summed E-state index contributed by atoms with van der Waals surface area (Å²) in [5, 5.41) is 9.50. The molecule has 1 fully saturated rings. The minimum atomic E-state index is -0.0431. The molecule has 0 bridgehead atoms. The Morgan fingerprint density at radius 2 is 2.15 bits per heavy atom. The number of pyridine rings is 1. The molecule has 1 aliphatic rings. The molecule has 1 aromatic carbocycles. The summed E-state index contributed by atoms with van der Waals surface area (Å²) in [6, 6.07) is 11.7. The van der Waals surface area contributed by atoms with Crippen LogP contribution in [0.4, 0.5) is 0 Å². The van der Waals surface area contributed by atoms with E-state index < -0.39 is 0 Å². The minimum absolute atomic E-state index is 0.0431. The molecule has 0 unspecified atom stereocenters. The maximum atomic E-state index is 12.7. The second-order valence-electron chi connectivity index (χ2n) is 6.91. The minimum Gasteiger partial charge on any atom is -0.496 e. The second-order valence-corrected chi connectivity index (χ2v) is 6.91. The van der Waals surface area contributed by atoms with Crippen molar-refractivity contribution in [1.29, 1.82) is 0 Å². The third kappa shape index (κ3) is 4.64. The van der Waals surface area contributed by atoms with Gasteiger partial charge < -0.3 is 14.7 Å². The molecule has 0 aliphatic carbocycles. The van der Waals surface area contributed by atoms with Gasteiger partial charge in [-0.25, -0.2) is 0 Å². The van der Waals surface area contributed by atoms with Gasteiger partial charge in [-0.1, -0.05) is 18.2 Å². The van der Waals surface area contributed by atoms with E-state index in [0.29, 0.717) is 25.2 Å². The summed E-state index contributed by atoms with van der Waals surface area (Å²) in [5.74, 6) is 0.843. The first kappa shape index (κ1) is 19.3. The van der Waals surface area contributed by atoms with Crippen molar-refractivity contribution in [3.63, 3.8) is 0 Å². The molecule has 1 N–H and O–H groups in total. The van der Waals surface area contributed by atoms with Crippen LogP contribution in [-0.4, -0.2) is 65.2 Å². The van der Waals surface area contributed by atoms with Gasteiger partial charge in [0.2, 0.25) is 0 Å². The molecule has 0 radical (unpaired) electrons. The van der Waals surface area contributed by atoms with E-state index in [0.717, 1.165) is 24.4 Å². The fourth-order valence-corrected chi connectivity index (χ4v) is 3.63. The van der Waals surface area contributed by atoms with Crippen LogP contribution in [0, 0.1) is 6.92 Å². The highest BCUT2D eigenvalue weighted by molar-refractivity contribution is 5.92. The quantitative estimate of drug-likeness (QED) is 0.845. The lowest BCUT2D eigenvalue weighted by atomic mass is 10.0. The van der Waals surface area contributed by atoms with E-state index >= 15 is 0 Å². The number of aliphatic hydroxyl groups is 1. The van der Waals surface area contributed by atoms with Crippen LogP contribution >= 0.6 is 0 Å². The van der Waals surface area contributed by atoms with E-state index in [9.17, 15) is 9.90 Å². The highest BCUT2D eigenvalue weighted by Crippen LogP contribution is 2.22. The highest BCUT2D eigenvalue weighted by Gasteiger charge is 2.30. The molecule has 1 aliphatic heterocycles. The molecular formula is C21H27N3O3. The number of aryl methyl sites for hydroxylation is 1. The molecular weight excluding hydrogens is 342 g/mol. The van der Waals surface area contributed by atoms with E-state index in [1.165, 1.54) is 5.56 Å². The molecule has 2 aromatic rings. The summed E-state index contributed by atoms with van der Waals surface area (Å²) in [6.45, 7) is 4.97. The standard InChI is InChI=1S/C21H27N3O3/c1-16-13-17(6-7-20(16)27-2)14-23-10-11-24(15-18(23)8-12-25)21(26)19-5-3-4-9-22-19/h3-7,9,13,18,25H,8,10-12,14-15H2,1-2H3/t18-/m1/s1. The van der Waals surface area contributed by atoms with Crippen molar-refractivity contribution in [3.8, 4) is 5.75 Å². The summed E-state index contributed by atoms with van der Waals surface area (Å²) in [5.41, 5.74) is 2.79. The van der Waals surface area contributed by atoms with Crippen molar-refractivity contribution >= 4 is 5.91 Å². The van der Waals surface area contributed by atoms with Crippen LogP contribution in [0.5, 0.6) is 5.75 Å². The lowest BCUT2D eigenvalue weighted by molar-refractivity contribution is 0.0391. The highest BCUT2D eigenvalue weighted by atomic mass is 16.5. The Balaban J connectivity index is 1.69. The summed E-state index contributed by atoms with van der Waals surface area (Å²) in [4.78, 5) is 21.1. The van der Waals surface area contributed by atoms with Gasteiger partial charge in [0.05, 0.1) is 7.11 Å². The van der Waals surface area contributed by atoms with E-state index in [2.05, 4.69) is 22.0 Å². The summed E-state index contributed by atoms with van der Waals surface area (Å²) in [7, 11) is 1.68. The molecule has 1 saturated heterocycles. The van der Waals surface area contributed by atoms with Gasteiger partial charge in [-0.2, -0.15) is 0 Å². The molecule has 0 spiro atoms. The average molecular weight is 369 g/mol. The number of rotatable bonds is 6. The van der Waals surface area contributed by atoms with E-state index in [1.54, 1.807) is 25.4 Å². The Morgan fingerprint density at radius 1 is 1.30 bits per heavy atom. The zero-order valence-corrected chi connectivity index (χ0v) is 16.0. The zero-order chi connectivity index (χ0) is 19.2. The van der Waals surface area contributed by atoms with Gasteiger partial charge in [0, 0.05) is 45.0 Å². The molecule has 6 heteroatoms. The first-order chi connectivity index (χ1) is 13.1. The van der Waals surface area contributed by atoms with E-state index in [4.69, 9.17) is 4.74 Å². The van der Waals surface area contributed by atoms with Crippen LogP contribution in [0.2, 0.25) is 0 Å². The first-order valence-electron chi connectivity index (χ1n) is 9.31. The Labute approximate surface area is 160 Å². The van der Waals surface area contributed by atoms with Gasteiger partial charge in [0.25, 0.3) is 5.91 Å². The second kappa shape index (κ2) is 8.97. The van der Waals surface area contributed by atoms with Gasteiger partial charge in [0.15, 0.2) is 0 Å². The van der Waals surface area contributed by atoms with E-state index in [-0.39, 0.29) is 18.6 Å². The predicted molar refractivity (Wildman–Crippen MR) is 104 cm³/mol. The maximum absolute atomic E-state index is 12.7. The lowest BCUT2D eigenvalue weighted by Crippen LogP contribution is -2.54. The summed E-state index contributed by atoms with van der Waals surface area (Å²) in [6.07, 6.45) is 2.28. The Bertz CT molecular complexity index is 767. The average Bonchev–Trinajstić information content (AvgIpc) is 2.70. The van der Waals surface area contributed by atoms with Crippen molar-refractivity contribution in [2.45, 2.75) is 25.9 Å². The normalized spacial score (nSPS) is 17.7.